The Labute approximate surface area is 317 Å². The van der Waals surface area contributed by atoms with Gasteiger partial charge in [0.1, 0.15) is 0 Å². The number of nitriles is 1. The third-order valence-electron chi connectivity index (χ3n) is 12.4. The molecule has 7 aromatic rings. The molecule has 11 rings (SSSR count). The molecule has 6 aromatic carbocycles. The molecule has 0 unspecified atom stereocenters. The van der Waals surface area contributed by atoms with Crippen LogP contribution in [0.1, 0.15) is 49.7 Å². The molecular weight excluding hydrogens is 657 g/mol. The number of aromatic nitrogens is 3. The van der Waals surface area contributed by atoms with Crippen LogP contribution in [0.25, 0.3) is 67.5 Å². The van der Waals surface area contributed by atoms with E-state index >= 15 is 0 Å². The highest BCUT2D eigenvalue weighted by Crippen LogP contribution is 2.60. The Bertz CT molecular complexity index is 2460. The predicted molar refractivity (Wildman–Crippen MR) is 217 cm³/mol. The van der Waals surface area contributed by atoms with Crippen molar-refractivity contribution in [1.29, 1.82) is 5.26 Å². The molecule has 0 amide bonds. The van der Waals surface area contributed by atoms with E-state index in [0.29, 0.717) is 28.5 Å². The van der Waals surface area contributed by atoms with Gasteiger partial charge in [-0.15, -0.1) is 0 Å². The fourth-order valence-electron chi connectivity index (χ4n) is 10.1. The average Bonchev–Trinajstić information content (AvgIpc) is 3.23. The van der Waals surface area contributed by atoms with Gasteiger partial charge in [0.25, 0.3) is 0 Å². The van der Waals surface area contributed by atoms with Gasteiger partial charge in [-0.25, -0.2) is 15.0 Å². The minimum Gasteiger partial charge on any atom is -0.208 e. The molecule has 260 valence electrons. The normalized spacial score (nSPS) is 21.1. The SMILES string of the molecule is N#Cc1ccc(-c2ccccc2-c2nc(-c3ccccc3)nc(-c3ccc(-c4ccc(-c5ccc(C67C[C@H]8C[C@H](C6)C[C@@H](C7)C8)cc5)cc4)cc3)n2)cc1. The van der Waals surface area contributed by atoms with Gasteiger partial charge in [0.05, 0.1) is 11.6 Å². The first-order valence-electron chi connectivity index (χ1n) is 19.3. The van der Waals surface area contributed by atoms with Crippen LogP contribution >= 0.6 is 0 Å². The molecule has 4 aliphatic carbocycles. The van der Waals surface area contributed by atoms with Gasteiger partial charge in [-0.1, -0.05) is 140 Å². The lowest BCUT2D eigenvalue weighted by Crippen LogP contribution is -2.48. The zero-order valence-electron chi connectivity index (χ0n) is 30.2. The Kier molecular flexibility index (Phi) is 8.02. The molecule has 4 nitrogen and oxygen atoms in total. The first-order chi connectivity index (χ1) is 26.6. The lowest BCUT2D eigenvalue weighted by molar-refractivity contribution is -0.00518. The maximum Gasteiger partial charge on any atom is 0.164 e. The summed E-state index contributed by atoms with van der Waals surface area (Å²) in [5.41, 5.74) is 12.2. The molecule has 1 heterocycles. The van der Waals surface area contributed by atoms with Crippen molar-refractivity contribution in [3.63, 3.8) is 0 Å². The van der Waals surface area contributed by atoms with Crippen molar-refractivity contribution in [2.24, 2.45) is 17.8 Å². The lowest BCUT2D eigenvalue weighted by atomic mass is 9.48. The Hall–Kier alpha value is -6.18. The summed E-state index contributed by atoms with van der Waals surface area (Å²) in [6, 6.07) is 55.1. The molecule has 54 heavy (non-hydrogen) atoms. The van der Waals surface area contributed by atoms with E-state index in [2.05, 4.69) is 84.9 Å². The van der Waals surface area contributed by atoms with Crippen molar-refractivity contribution in [3.05, 3.63) is 163 Å². The van der Waals surface area contributed by atoms with Gasteiger partial charge in [0.15, 0.2) is 17.5 Å². The van der Waals surface area contributed by atoms with Crippen LogP contribution in [-0.4, -0.2) is 15.0 Å². The number of benzene rings is 6. The first-order valence-corrected chi connectivity index (χ1v) is 19.3. The van der Waals surface area contributed by atoms with Gasteiger partial charge in [-0.3, -0.25) is 0 Å². The van der Waals surface area contributed by atoms with Gasteiger partial charge >= 0.3 is 0 Å². The summed E-state index contributed by atoms with van der Waals surface area (Å²) in [6.45, 7) is 0. The maximum absolute atomic E-state index is 9.34. The van der Waals surface area contributed by atoms with Gasteiger partial charge in [0, 0.05) is 16.7 Å². The second kappa shape index (κ2) is 13.3. The van der Waals surface area contributed by atoms with E-state index in [0.717, 1.165) is 51.1 Å². The minimum absolute atomic E-state index is 0.436. The number of hydrogen-bond acceptors (Lipinski definition) is 4. The maximum atomic E-state index is 9.34. The fourth-order valence-corrected chi connectivity index (χ4v) is 10.1. The molecule has 1 aromatic heterocycles. The zero-order chi connectivity index (χ0) is 36.1. The van der Waals surface area contributed by atoms with Gasteiger partial charge in [-0.2, -0.15) is 5.26 Å². The van der Waals surface area contributed by atoms with E-state index in [9.17, 15) is 5.26 Å². The van der Waals surface area contributed by atoms with Gasteiger partial charge in [0.2, 0.25) is 0 Å². The smallest absolute Gasteiger partial charge is 0.164 e. The largest absolute Gasteiger partial charge is 0.208 e. The molecule has 4 fully saturated rings. The van der Waals surface area contributed by atoms with Crippen LogP contribution in [0.4, 0.5) is 0 Å². The third-order valence-corrected chi connectivity index (χ3v) is 12.4. The van der Waals surface area contributed by atoms with Crippen molar-refractivity contribution >= 4 is 0 Å². The van der Waals surface area contributed by atoms with Gasteiger partial charge < -0.3 is 0 Å². The molecule has 4 aliphatic rings. The number of rotatable bonds is 7. The summed E-state index contributed by atoms with van der Waals surface area (Å²) < 4.78 is 0. The molecule has 0 radical (unpaired) electrons. The van der Waals surface area contributed by atoms with Crippen LogP contribution < -0.4 is 0 Å². The number of nitrogens with zero attached hydrogens (tertiary/aromatic N) is 4. The van der Waals surface area contributed by atoms with Crippen molar-refractivity contribution in [1.82, 2.24) is 15.0 Å². The third kappa shape index (κ3) is 6.00. The molecule has 4 heteroatoms. The van der Waals surface area contributed by atoms with E-state index in [1.807, 2.05) is 72.8 Å². The Morgan fingerprint density at radius 1 is 0.407 bits per heavy atom. The summed E-state index contributed by atoms with van der Waals surface area (Å²) in [7, 11) is 0. The highest BCUT2D eigenvalue weighted by molar-refractivity contribution is 5.82. The summed E-state index contributed by atoms with van der Waals surface area (Å²) >= 11 is 0. The summed E-state index contributed by atoms with van der Waals surface area (Å²) in [5, 5.41) is 9.34. The predicted octanol–water partition coefficient (Wildman–Crippen LogP) is 12.2. The quantitative estimate of drug-likeness (QED) is 0.166. The van der Waals surface area contributed by atoms with E-state index in [4.69, 9.17) is 15.0 Å². The molecule has 4 saturated carbocycles. The van der Waals surface area contributed by atoms with Crippen molar-refractivity contribution in [2.75, 3.05) is 0 Å². The van der Waals surface area contributed by atoms with E-state index in [-0.39, 0.29) is 0 Å². The first kappa shape index (κ1) is 32.5. The molecular formula is C50H40N4. The molecule has 0 N–H and O–H groups in total. The van der Waals surface area contributed by atoms with Crippen LogP contribution in [0.2, 0.25) is 0 Å². The van der Waals surface area contributed by atoms with Crippen LogP contribution in [0.3, 0.4) is 0 Å². The van der Waals surface area contributed by atoms with Crippen LogP contribution in [0.15, 0.2) is 152 Å². The Balaban J connectivity index is 0.929. The van der Waals surface area contributed by atoms with Crippen LogP contribution in [0, 0.1) is 29.1 Å². The lowest BCUT2D eigenvalue weighted by Gasteiger charge is -2.57. The minimum atomic E-state index is 0.436. The van der Waals surface area contributed by atoms with Crippen molar-refractivity contribution in [2.45, 2.75) is 43.9 Å². The van der Waals surface area contributed by atoms with Crippen molar-refractivity contribution in [3.8, 4) is 73.6 Å². The molecule has 0 spiro atoms. The monoisotopic (exact) mass is 696 g/mol. The molecule has 0 aliphatic heterocycles. The summed E-state index contributed by atoms with van der Waals surface area (Å²) in [4.78, 5) is 15.0. The fraction of sp³-hybridized carbons (Fsp3) is 0.200. The van der Waals surface area contributed by atoms with E-state index in [1.54, 1.807) is 5.56 Å². The highest BCUT2D eigenvalue weighted by atomic mass is 15.0. The molecule has 0 saturated heterocycles. The topological polar surface area (TPSA) is 62.5 Å². The van der Waals surface area contributed by atoms with Crippen LogP contribution in [0.5, 0.6) is 0 Å². The van der Waals surface area contributed by atoms with Crippen molar-refractivity contribution < 1.29 is 0 Å². The van der Waals surface area contributed by atoms with E-state index < -0.39 is 0 Å². The molecule has 4 bridgehead atoms. The average molecular weight is 697 g/mol. The second-order valence-corrected chi connectivity index (χ2v) is 15.8. The highest BCUT2D eigenvalue weighted by Gasteiger charge is 2.51. The summed E-state index contributed by atoms with van der Waals surface area (Å²) in [5.74, 6) is 4.72. The Morgan fingerprint density at radius 2 is 0.815 bits per heavy atom. The summed E-state index contributed by atoms with van der Waals surface area (Å²) in [6.07, 6.45) is 8.66. The molecule has 0 atom stereocenters. The number of hydrogen-bond donors (Lipinski definition) is 0. The van der Waals surface area contributed by atoms with E-state index in [1.165, 1.54) is 55.2 Å². The second-order valence-electron chi connectivity index (χ2n) is 15.8. The standard InChI is InChI=1S/C50H40N4/c51-32-33-10-12-41(13-11-33)45-8-4-5-9-46(45)49-53-47(42-6-2-1-3-7-42)52-48(54-49)43-20-18-39(19-21-43)37-14-16-38(17-15-37)40-22-24-44(25-23-40)50-29-34-26-35(30-50)28-36(27-34)31-50/h1-25,34-36H,26-31H2/t34-,35-,36-,50?. The van der Waals surface area contributed by atoms with Gasteiger partial charge in [-0.05, 0) is 113 Å². The Morgan fingerprint density at radius 3 is 1.33 bits per heavy atom. The zero-order valence-corrected chi connectivity index (χ0v) is 30.2. The van der Waals surface area contributed by atoms with Crippen LogP contribution in [-0.2, 0) is 5.41 Å².